The van der Waals surface area contributed by atoms with E-state index < -0.39 is 51.5 Å². The number of ketones is 1. The molecule has 0 unspecified atom stereocenters. The molecule has 0 N–H and O–H groups in total. The number of anilines is 1. The molecular formula is C26H30N2O7. The summed E-state index contributed by atoms with van der Waals surface area (Å²) in [5.74, 6) is -1.96. The predicted molar refractivity (Wildman–Crippen MR) is 122 cm³/mol. The molecule has 1 amide bonds. The highest BCUT2D eigenvalue weighted by Crippen LogP contribution is 2.78. The lowest BCUT2D eigenvalue weighted by Crippen LogP contribution is -2.75. The zero-order valence-electron chi connectivity index (χ0n) is 20.7. The first kappa shape index (κ1) is 22.5. The van der Waals surface area contributed by atoms with Crippen LogP contribution in [0, 0.1) is 5.41 Å². The summed E-state index contributed by atoms with van der Waals surface area (Å²) in [7, 11) is 3.06. The molecule has 0 radical (unpaired) electrons. The standard InChI is InChI=1S/C26H30N2O7/c1-22(2,3)34-18(30)14-23-11-8-12-28-17(29)13-24-15-9-6-7-10-16(15)27(4)19(24)25(20(23)31,21(32)33-5)35-26(23,24)28/h6-7,9-10,19H,8,11-14H2,1-5H3/t19-,23-,24+,25+,26-/m0/s1. The summed E-state index contributed by atoms with van der Waals surface area (Å²) in [5, 5.41) is 0. The molecule has 9 heteroatoms. The van der Waals surface area contributed by atoms with Gasteiger partial charge in [0.1, 0.15) is 5.60 Å². The second kappa shape index (κ2) is 6.43. The molecule has 1 aromatic rings. The van der Waals surface area contributed by atoms with Gasteiger partial charge in [-0.2, -0.15) is 0 Å². The van der Waals surface area contributed by atoms with E-state index in [-0.39, 0.29) is 18.7 Å². The van der Waals surface area contributed by atoms with Gasteiger partial charge in [-0.1, -0.05) is 18.2 Å². The third-order valence-corrected chi connectivity index (χ3v) is 8.79. The van der Waals surface area contributed by atoms with Gasteiger partial charge in [0, 0.05) is 25.7 Å². The number of carbonyl (C=O) groups excluding carboxylic acids is 4. The average Bonchev–Trinajstić information content (AvgIpc) is 3.38. The third kappa shape index (κ3) is 2.17. The minimum Gasteiger partial charge on any atom is -0.466 e. The number of ether oxygens (including phenoxy) is 3. The van der Waals surface area contributed by atoms with E-state index in [9.17, 15) is 19.2 Å². The quantitative estimate of drug-likeness (QED) is 0.474. The largest absolute Gasteiger partial charge is 0.466 e. The molecule has 2 bridgehead atoms. The summed E-state index contributed by atoms with van der Waals surface area (Å²) in [4.78, 5) is 58.6. The number of nitrogens with zero attached hydrogens (tertiary/aromatic N) is 2. The Morgan fingerprint density at radius 3 is 2.60 bits per heavy atom. The van der Waals surface area contributed by atoms with Crippen molar-refractivity contribution in [1.29, 1.82) is 0 Å². The molecule has 186 valence electrons. The molecule has 0 aromatic heterocycles. The molecule has 2 spiro atoms. The van der Waals surface area contributed by atoms with Crippen molar-refractivity contribution in [3.05, 3.63) is 29.8 Å². The van der Waals surface area contributed by atoms with Crippen LogP contribution in [0.5, 0.6) is 0 Å². The Balaban J connectivity index is 1.66. The Bertz CT molecular complexity index is 1210. The fraction of sp³-hybridized carbons (Fsp3) is 0.615. The second-order valence-electron chi connectivity index (χ2n) is 11.5. The maximum Gasteiger partial charge on any atom is 0.348 e. The van der Waals surface area contributed by atoms with Crippen molar-refractivity contribution in [3.8, 4) is 0 Å². The van der Waals surface area contributed by atoms with Gasteiger partial charge < -0.3 is 24.0 Å². The summed E-state index contributed by atoms with van der Waals surface area (Å²) in [5.41, 5.74) is -4.95. The van der Waals surface area contributed by atoms with Gasteiger partial charge >= 0.3 is 11.9 Å². The highest BCUT2D eigenvalue weighted by molar-refractivity contribution is 6.18. The van der Waals surface area contributed by atoms with Gasteiger partial charge in [-0.25, -0.2) is 4.79 Å². The topological polar surface area (TPSA) is 102 Å². The molecule has 5 aliphatic heterocycles. The summed E-state index contributed by atoms with van der Waals surface area (Å²) in [6, 6.07) is 6.89. The third-order valence-electron chi connectivity index (χ3n) is 8.79. The first-order chi connectivity index (χ1) is 16.4. The van der Waals surface area contributed by atoms with E-state index in [0.717, 1.165) is 11.3 Å². The van der Waals surface area contributed by atoms with Crippen molar-refractivity contribution in [2.75, 3.05) is 25.6 Å². The van der Waals surface area contributed by atoms with Crippen LogP contribution in [0.1, 0.15) is 52.0 Å². The molecule has 5 heterocycles. The zero-order chi connectivity index (χ0) is 25.2. The number of fused-ring (bicyclic) bond motifs is 3. The molecule has 5 atom stereocenters. The molecule has 0 aliphatic carbocycles. The van der Waals surface area contributed by atoms with Crippen molar-refractivity contribution in [2.24, 2.45) is 5.41 Å². The monoisotopic (exact) mass is 482 g/mol. The lowest BCUT2D eigenvalue weighted by atomic mass is 9.48. The number of carbonyl (C=O) groups is 4. The van der Waals surface area contributed by atoms with Crippen LogP contribution in [0.4, 0.5) is 5.69 Å². The van der Waals surface area contributed by atoms with Crippen LogP contribution in [-0.4, -0.2) is 72.2 Å². The Morgan fingerprint density at radius 2 is 1.91 bits per heavy atom. The summed E-state index contributed by atoms with van der Waals surface area (Å²) in [6.07, 6.45) is 0.641. The maximum absolute atomic E-state index is 14.6. The number of esters is 2. The molecular weight excluding hydrogens is 452 g/mol. The summed E-state index contributed by atoms with van der Waals surface area (Å²) >= 11 is 0. The number of hydrogen-bond acceptors (Lipinski definition) is 8. The van der Waals surface area contributed by atoms with Gasteiger partial charge in [-0.05, 0) is 45.2 Å². The normalized spacial score (nSPS) is 38.4. The smallest absolute Gasteiger partial charge is 0.348 e. The number of hydrogen-bond donors (Lipinski definition) is 0. The number of rotatable bonds is 3. The van der Waals surface area contributed by atoms with E-state index in [0.29, 0.717) is 19.4 Å². The molecule has 9 nitrogen and oxygen atoms in total. The van der Waals surface area contributed by atoms with Crippen LogP contribution in [0.3, 0.4) is 0 Å². The highest BCUT2D eigenvalue weighted by atomic mass is 16.6. The van der Waals surface area contributed by atoms with Gasteiger partial charge in [0.2, 0.25) is 11.5 Å². The lowest BCUT2D eigenvalue weighted by Gasteiger charge is -2.56. The number of methoxy groups -OCH3 is 1. The molecule has 4 saturated heterocycles. The summed E-state index contributed by atoms with van der Waals surface area (Å²) in [6.45, 7) is 5.69. The fourth-order valence-corrected chi connectivity index (χ4v) is 8.14. The molecule has 5 aliphatic rings. The predicted octanol–water partition coefficient (Wildman–Crippen LogP) is 1.71. The van der Waals surface area contributed by atoms with Crippen molar-refractivity contribution in [2.45, 2.75) is 74.8 Å². The molecule has 4 fully saturated rings. The maximum atomic E-state index is 14.6. The molecule has 6 rings (SSSR count). The fourth-order valence-electron chi connectivity index (χ4n) is 8.14. The molecule has 35 heavy (non-hydrogen) atoms. The van der Waals surface area contributed by atoms with Crippen LogP contribution >= 0.6 is 0 Å². The minimum absolute atomic E-state index is 0.0844. The van der Waals surface area contributed by atoms with E-state index in [2.05, 4.69) is 0 Å². The average molecular weight is 483 g/mol. The van der Waals surface area contributed by atoms with E-state index >= 15 is 0 Å². The van der Waals surface area contributed by atoms with Crippen molar-refractivity contribution in [3.63, 3.8) is 0 Å². The number of likely N-dealkylation sites (N-methyl/N-ethyl adjacent to an activating group) is 1. The van der Waals surface area contributed by atoms with E-state index in [4.69, 9.17) is 14.2 Å². The van der Waals surface area contributed by atoms with Crippen LogP contribution in [0.15, 0.2) is 24.3 Å². The van der Waals surface area contributed by atoms with Gasteiger partial charge in [0.05, 0.1) is 30.4 Å². The Labute approximate surface area is 203 Å². The van der Waals surface area contributed by atoms with Crippen molar-refractivity contribution < 1.29 is 33.4 Å². The number of benzene rings is 1. The second-order valence-corrected chi connectivity index (χ2v) is 11.5. The lowest BCUT2D eigenvalue weighted by molar-refractivity contribution is -0.214. The van der Waals surface area contributed by atoms with Gasteiger partial charge in [0.15, 0.2) is 11.5 Å². The van der Waals surface area contributed by atoms with E-state index in [1.807, 2.05) is 36.2 Å². The van der Waals surface area contributed by atoms with Gasteiger partial charge in [-0.15, -0.1) is 0 Å². The van der Waals surface area contributed by atoms with E-state index in [1.54, 1.807) is 25.7 Å². The van der Waals surface area contributed by atoms with Crippen LogP contribution in [0.2, 0.25) is 0 Å². The van der Waals surface area contributed by atoms with Crippen LogP contribution < -0.4 is 4.90 Å². The minimum atomic E-state index is -1.96. The molecule has 0 saturated carbocycles. The number of Topliss-reactive ketones (excluding diaryl/α,β-unsaturated/α-hetero) is 1. The Hall–Kier alpha value is -2.94. The van der Waals surface area contributed by atoms with Gasteiger partial charge in [0.25, 0.3) is 0 Å². The zero-order valence-corrected chi connectivity index (χ0v) is 20.7. The number of para-hydroxylation sites is 1. The van der Waals surface area contributed by atoms with Crippen molar-refractivity contribution >= 4 is 29.3 Å². The Morgan fingerprint density at radius 1 is 1.20 bits per heavy atom. The summed E-state index contributed by atoms with van der Waals surface area (Å²) < 4.78 is 17.6. The number of amides is 1. The van der Waals surface area contributed by atoms with Crippen LogP contribution in [-0.2, 0) is 38.8 Å². The highest BCUT2D eigenvalue weighted by Gasteiger charge is 2.96. The SMILES string of the molecule is COC(=O)[C@]12O[C@@]34N(CCC[C@]3(CC(=O)OC(C)(C)C)C1=O)C(=O)C[C@]41c3ccccc3N(C)[C@H]21. The first-order valence-electron chi connectivity index (χ1n) is 12.1. The first-order valence-corrected chi connectivity index (χ1v) is 12.1. The Kier molecular flexibility index (Phi) is 4.14. The van der Waals surface area contributed by atoms with Crippen molar-refractivity contribution in [1.82, 2.24) is 4.90 Å². The van der Waals surface area contributed by atoms with Crippen LogP contribution in [0.25, 0.3) is 0 Å². The number of piperidine rings is 1. The van der Waals surface area contributed by atoms with Gasteiger partial charge in [-0.3, -0.25) is 14.4 Å². The van der Waals surface area contributed by atoms with E-state index in [1.165, 1.54) is 7.11 Å². The molecule has 1 aromatic carbocycles.